The minimum atomic E-state index is -0.949. The highest BCUT2D eigenvalue weighted by Crippen LogP contribution is 2.46. The minimum Gasteiger partial charge on any atom is -0.507 e. The van der Waals surface area contributed by atoms with Gasteiger partial charge in [-0.1, -0.05) is 46.7 Å². The average Bonchev–Trinajstić information content (AvgIpc) is 3.43. The Hall–Kier alpha value is -3.88. The van der Waals surface area contributed by atoms with E-state index in [1.54, 1.807) is 42.5 Å². The number of nitrogens with zero attached hydrogens (tertiary/aromatic N) is 2. The molecule has 1 amide bonds. The van der Waals surface area contributed by atoms with Crippen molar-refractivity contribution in [2.45, 2.75) is 26.8 Å². The molecular weight excluding hydrogens is 524 g/mol. The molecule has 0 bridgehead atoms. The van der Waals surface area contributed by atoms with Gasteiger partial charge >= 0.3 is 5.91 Å². The van der Waals surface area contributed by atoms with Crippen molar-refractivity contribution in [1.29, 1.82) is 0 Å². The normalized spacial score (nSPS) is 16.9. The fourth-order valence-electron chi connectivity index (χ4n) is 4.60. The van der Waals surface area contributed by atoms with E-state index in [9.17, 15) is 14.7 Å². The summed E-state index contributed by atoms with van der Waals surface area (Å²) in [6.07, 6.45) is 0. The van der Waals surface area contributed by atoms with E-state index in [0.717, 1.165) is 15.8 Å². The van der Waals surface area contributed by atoms with Gasteiger partial charge in [-0.15, -0.1) is 0 Å². The second-order valence-corrected chi connectivity index (χ2v) is 10.4. The van der Waals surface area contributed by atoms with Crippen molar-refractivity contribution in [3.63, 3.8) is 0 Å². The molecule has 0 aliphatic carbocycles. The molecule has 7 nitrogen and oxygen atoms in total. The molecule has 3 aromatic carbocycles. The lowest BCUT2D eigenvalue weighted by Gasteiger charge is -2.24. The summed E-state index contributed by atoms with van der Waals surface area (Å²) in [7, 11) is 1.52. The van der Waals surface area contributed by atoms with Gasteiger partial charge in [-0.25, -0.2) is 4.98 Å². The average molecular weight is 549 g/mol. The molecule has 5 rings (SSSR count). The van der Waals surface area contributed by atoms with Crippen LogP contribution in [0.4, 0.5) is 5.13 Å². The number of thiazole rings is 1. The van der Waals surface area contributed by atoms with Crippen LogP contribution in [0.3, 0.4) is 0 Å². The molecule has 1 atom stereocenters. The van der Waals surface area contributed by atoms with Crippen LogP contribution in [-0.4, -0.2) is 35.5 Å². The van der Waals surface area contributed by atoms with Crippen LogP contribution in [0.25, 0.3) is 16.0 Å². The van der Waals surface area contributed by atoms with Crippen LogP contribution in [0.1, 0.15) is 35.2 Å². The Morgan fingerprint density at radius 1 is 1.08 bits per heavy atom. The van der Waals surface area contributed by atoms with E-state index >= 15 is 0 Å². The fourth-order valence-corrected chi connectivity index (χ4v) is 5.87. The van der Waals surface area contributed by atoms with Gasteiger partial charge in [-0.3, -0.25) is 14.5 Å². The zero-order chi connectivity index (χ0) is 27.1. The largest absolute Gasteiger partial charge is 0.507 e. The topological polar surface area (TPSA) is 89.0 Å². The van der Waals surface area contributed by atoms with Crippen molar-refractivity contribution in [3.8, 4) is 11.5 Å². The lowest BCUT2D eigenvalue weighted by atomic mass is 9.93. The van der Waals surface area contributed by atoms with Crippen molar-refractivity contribution in [2.75, 3.05) is 18.6 Å². The van der Waals surface area contributed by atoms with E-state index in [0.29, 0.717) is 44.9 Å². The molecular formula is C29H25ClN2O5S. The summed E-state index contributed by atoms with van der Waals surface area (Å²) >= 11 is 7.42. The third-order valence-electron chi connectivity index (χ3n) is 6.44. The molecule has 1 fully saturated rings. The Kier molecular flexibility index (Phi) is 6.86. The van der Waals surface area contributed by atoms with Crippen LogP contribution in [0, 0.1) is 13.8 Å². The Bertz CT molecular complexity index is 1630. The van der Waals surface area contributed by atoms with E-state index < -0.39 is 17.7 Å². The highest BCUT2D eigenvalue weighted by Gasteiger charge is 2.48. The number of aryl methyl sites for hydroxylation is 2. The number of carbonyl (C=O) groups is 2. The zero-order valence-electron chi connectivity index (χ0n) is 21.2. The smallest absolute Gasteiger partial charge is 0.301 e. The molecule has 0 radical (unpaired) electrons. The number of aliphatic hydroxyl groups is 1. The third kappa shape index (κ3) is 4.40. The quantitative estimate of drug-likeness (QED) is 0.166. The summed E-state index contributed by atoms with van der Waals surface area (Å²) in [6, 6.07) is 15.1. The van der Waals surface area contributed by atoms with E-state index in [2.05, 4.69) is 4.98 Å². The summed E-state index contributed by atoms with van der Waals surface area (Å²) in [4.78, 5) is 33.1. The number of fused-ring (bicyclic) bond motifs is 1. The Balaban J connectivity index is 1.76. The molecule has 1 aliphatic heterocycles. The molecule has 38 heavy (non-hydrogen) atoms. The molecule has 2 heterocycles. The van der Waals surface area contributed by atoms with Gasteiger partial charge in [0, 0.05) is 10.6 Å². The van der Waals surface area contributed by atoms with Crippen LogP contribution < -0.4 is 14.4 Å². The number of ether oxygens (including phenoxy) is 2. The number of anilines is 1. The number of aliphatic hydroxyl groups excluding tert-OH is 1. The maximum atomic E-state index is 13.6. The van der Waals surface area contributed by atoms with Gasteiger partial charge < -0.3 is 14.6 Å². The Labute approximate surface area is 228 Å². The number of rotatable bonds is 6. The SMILES string of the molecule is CCOc1ccc(C2C(=C(O)c3cc(C)ccc3C)C(=O)C(=O)N2c2nc3ccc(Cl)cc3s2)cc1OC. The molecule has 1 aromatic heterocycles. The second-order valence-electron chi connectivity index (χ2n) is 8.94. The molecule has 9 heteroatoms. The number of ketones is 1. The first-order valence-corrected chi connectivity index (χ1v) is 13.2. The minimum absolute atomic E-state index is 0.0211. The van der Waals surface area contributed by atoms with Gasteiger partial charge in [0.05, 0.1) is 35.5 Å². The second kappa shape index (κ2) is 10.1. The van der Waals surface area contributed by atoms with E-state index in [4.69, 9.17) is 21.1 Å². The van der Waals surface area contributed by atoms with Crippen LogP contribution in [-0.2, 0) is 9.59 Å². The van der Waals surface area contributed by atoms with Crippen LogP contribution in [0.15, 0.2) is 60.2 Å². The summed E-state index contributed by atoms with van der Waals surface area (Å²) in [5, 5.41) is 12.4. The summed E-state index contributed by atoms with van der Waals surface area (Å²) < 4.78 is 12.0. The predicted molar refractivity (Wildman–Crippen MR) is 149 cm³/mol. The summed E-state index contributed by atoms with van der Waals surface area (Å²) in [5.41, 5.74) is 3.36. The molecule has 0 spiro atoms. The molecule has 4 aromatic rings. The third-order valence-corrected chi connectivity index (χ3v) is 7.69. The number of amides is 1. The molecule has 1 aliphatic rings. The monoisotopic (exact) mass is 548 g/mol. The molecule has 1 saturated heterocycles. The number of carbonyl (C=O) groups excluding carboxylic acids is 2. The van der Waals surface area contributed by atoms with E-state index in [-0.39, 0.29) is 11.3 Å². The number of benzene rings is 3. The first kappa shape index (κ1) is 25.8. The first-order valence-electron chi connectivity index (χ1n) is 12.0. The number of hydrogen-bond acceptors (Lipinski definition) is 7. The van der Waals surface area contributed by atoms with Crippen molar-refractivity contribution in [1.82, 2.24) is 4.98 Å². The standard InChI is InChI=1S/C29H25ClN2O5S/c1-5-37-21-11-8-17(13-22(21)36-4)25-24(26(33)19-12-15(2)6-7-16(19)3)27(34)28(35)32(25)29-31-20-10-9-18(30)14-23(20)38-29/h6-14,25,33H,5H2,1-4H3. The molecule has 194 valence electrons. The van der Waals surface area contributed by atoms with Gasteiger partial charge in [0.1, 0.15) is 5.76 Å². The highest BCUT2D eigenvalue weighted by molar-refractivity contribution is 7.22. The number of Topliss-reactive ketones (excluding diaryl/α,β-unsaturated/α-hetero) is 1. The molecule has 1 N–H and O–H groups in total. The van der Waals surface area contributed by atoms with Gasteiger partial charge in [-0.05, 0) is 68.3 Å². The lowest BCUT2D eigenvalue weighted by Crippen LogP contribution is -2.29. The van der Waals surface area contributed by atoms with Gasteiger partial charge in [0.2, 0.25) is 0 Å². The first-order chi connectivity index (χ1) is 18.2. The van der Waals surface area contributed by atoms with Crippen molar-refractivity contribution in [2.24, 2.45) is 0 Å². The molecule has 1 unspecified atom stereocenters. The lowest BCUT2D eigenvalue weighted by molar-refractivity contribution is -0.132. The molecule has 0 saturated carbocycles. The number of aromatic nitrogens is 1. The van der Waals surface area contributed by atoms with Crippen LogP contribution >= 0.6 is 22.9 Å². The Morgan fingerprint density at radius 2 is 1.87 bits per heavy atom. The maximum Gasteiger partial charge on any atom is 0.301 e. The number of hydrogen-bond donors (Lipinski definition) is 1. The van der Waals surface area contributed by atoms with E-state index in [1.165, 1.54) is 23.3 Å². The maximum absolute atomic E-state index is 13.6. The zero-order valence-corrected chi connectivity index (χ0v) is 22.8. The van der Waals surface area contributed by atoms with Gasteiger partial charge in [0.15, 0.2) is 16.6 Å². The van der Waals surface area contributed by atoms with E-state index in [1.807, 2.05) is 32.9 Å². The van der Waals surface area contributed by atoms with Gasteiger partial charge in [0.25, 0.3) is 5.78 Å². The highest BCUT2D eigenvalue weighted by atomic mass is 35.5. The fraction of sp³-hybridized carbons (Fsp3) is 0.207. The van der Waals surface area contributed by atoms with Crippen molar-refractivity contribution in [3.05, 3.63) is 87.4 Å². The van der Waals surface area contributed by atoms with Crippen LogP contribution in [0.2, 0.25) is 5.02 Å². The number of methoxy groups -OCH3 is 1. The van der Waals surface area contributed by atoms with Gasteiger partial charge in [-0.2, -0.15) is 0 Å². The van der Waals surface area contributed by atoms with Crippen molar-refractivity contribution < 1.29 is 24.2 Å². The Morgan fingerprint density at radius 3 is 2.61 bits per heavy atom. The number of halogens is 1. The van der Waals surface area contributed by atoms with Crippen molar-refractivity contribution >= 4 is 55.7 Å². The predicted octanol–water partition coefficient (Wildman–Crippen LogP) is 6.60. The van der Waals surface area contributed by atoms with Crippen LogP contribution in [0.5, 0.6) is 11.5 Å². The summed E-state index contributed by atoms with van der Waals surface area (Å²) in [5.74, 6) is -0.843. The summed E-state index contributed by atoms with van der Waals surface area (Å²) in [6.45, 7) is 6.05.